The highest BCUT2D eigenvalue weighted by Gasteiger charge is 2.39. The summed E-state index contributed by atoms with van der Waals surface area (Å²) in [6, 6.07) is 8.82. The molecule has 1 aromatic carbocycles. The Hall–Kier alpha value is -0.380. The highest BCUT2D eigenvalue weighted by Crippen LogP contribution is 2.47. The van der Waals surface area contributed by atoms with E-state index in [0.717, 1.165) is 38.1 Å². The van der Waals surface area contributed by atoms with E-state index >= 15 is 0 Å². The van der Waals surface area contributed by atoms with Crippen molar-refractivity contribution in [1.82, 2.24) is 4.90 Å². The number of nitrogens with zero attached hydrogens (tertiary/aromatic N) is 1. The van der Waals surface area contributed by atoms with E-state index in [1.54, 1.807) is 0 Å². The Balaban J connectivity index is 1.53. The zero-order valence-corrected chi connectivity index (χ0v) is 11.5. The van der Waals surface area contributed by atoms with Gasteiger partial charge in [-0.1, -0.05) is 28.1 Å². The molecule has 92 valence electrons. The van der Waals surface area contributed by atoms with Crippen molar-refractivity contribution in [2.45, 2.75) is 12.3 Å². The number of hydrogen-bond donors (Lipinski definition) is 0. The summed E-state index contributed by atoms with van der Waals surface area (Å²) in [6.45, 7) is 5.31. The number of halogens is 1. The van der Waals surface area contributed by atoms with Crippen LogP contribution in [-0.2, 0) is 4.74 Å². The molecule has 2 fully saturated rings. The lowest BCUT2D eigenvalue weighted by Gasteiger charge is -2.26. The smallest absolute Gasteiger partial charge is 0.0594 e. The maximum Gasteiger partial charge on any atom is 0.0594 e. The predicted octanol–water partition coefficient (Wildman–Crippen LogP) is 2.88. The van der Waals surface area contributed by atoms with Gasteiger partial charge in [0.05, 0.1) is 13.2 Å². The fourth-order valence-corrected chi connectivity index (χ4v) is 2.95. The van der Waals surface area contributed by atoms with Crippen molar-refractivity contribution in [3.63, 3.8) is 0 Å². The summed E-state index contributed by atoms with van der Waals surface area (Å²) in [5.74, 6) is 1.67. The van der Waals surface area contributed by atoms with Gasteiger partial charge >= 0.3 is 0 Å². The third-order valence-corrected chi connectivity index (χ3v) is 4.35. The maximum absolute atomic E-state index is 5.38. The van der Waals surface area contributed by atoms with Crippen LogP contribution in [0.1, 0.15) is 17.9 Å². The summed E-state index contributed by atoms with van der Waals surface area (Å²) in [7, 11) is 0. The molecule has 0 amide bonds. The molecule has 0 N–H and O–H groups in total. The normalized spacial score (nSPS) is 29.2. The lowest BCUT2D eigenvalue weighted by atomic mass is 10.1. The standard InChI is InChI=1S/C14H18BrNO/c15-13-3-1-11(2-4-13)14-9-12(14)10-16-5-7-17-8-6-16/h1-4,12,14H,5-10H2. The van der Waals surface area contributed by atoms with Crippen LogP contribution in [-0.4, -0.2) is 37.7 Å². The molecule has 1 aromatic rings. The third-order valence-electron chi connectivity index (χ3n) is 3.82. The minimum Gasteiger partial charge on any atom is -0.379 e. The molecule has 1 aliphatic heterocycles. The van der Waals surface area contributed by atoms with Crippen molar-refractivity contribution >= 4 is 15.9 Å². The van der Waals surface area contributed by atoms with Gasteiger partial charge in [-0.15, -0.1) is 0 Å². The number of hydrogen-bond acceptors (Lipinski definition) is 2. The lowest BCUT2D eigenvalue weighted by molar-refractivity contribution is 0.0355. The Morgan fingerprint density at radius 1 is 1.18 bits per heavy atom. The van der Waals surface area contributed by atoms with Crippen LogP contribution in [0.3, 0.4) is 0 Å². The van der Waals surface area contributed by atoms with E-state index < -0.39 is 0 Å². The summed E-state index contributed by atoms with van der Waals surface area (Å²) in [4.78, 5) is 2.55. The second kappa shape index (κ2) is 5.09. The largest absolute Gasteiger partial charge is 0.379 e. The van der Waals surface area contributed by atoms with Gasteiger partial charge in [-0.25, -0.2) is 0 Å². The van der Waals surface area contributed by atoms with Crippen LogP contribution in [0.4, 0.5) is 0 Å². The minimum absolute atomic E-state index is 0.797. The molecule has 0 bridgehead atoms. The molecule has 3 rings (SSSR count). The Morgan fingerprint density at radius 2 is 1.88 bits per heavy atom. The first-order valence-corrected chi connectivity index (χ1v) is 7.18. The van der Waals surface area contributed by atoms with Gasteiger partial charge in [-0.3, -0.25) is 4.90 Å². The molecule has 2 nitrogen and oxygen atoms in total. The van der Waals surface area contributed by atoms with Crippen molar-refractivity contribution in [2.75, 3.05) is 32.8 Å². The Morgan fingerprint density at radius 3 is 2.59 bits per heavy atom. The first kappa shape index (κ1) is 11.7. The van der Waals surface area contributed by atoms with E-state index in [4.69, 9.17) is 4.74 Å². The molecule has 0 radical (unpaired) electrons. The number of ether oxygens (including phenoxy) is 1. The van der Waals surface area contributed by atoms with Crippen LogP contribution in [0.25, 0.3) is 0 Å². The van der Waals surface area contributed by atoms with Gasteiger partial charge in [0.15, 0.2) is 0 Å². The second-order valence-corrected chi connectivity index (χ2v) is 5.98. The zero-order valence-electron chi connectivity index (χ0n) is 9.94. The Bertz CT molecular complexity index is 372. The van der Waals surface area contributed by atoms with Crippen LogP contribution >= 0.6 is 15.9 Å². The molecule has 2 unspecified atom stereocenters. The van der Waals surface area contributed by atoms with E-state index in [1.807, 2.05) is 0 Å². The molecule has 2 atom stereocenters. The van der Waals surface area contributed by atoms with Gasteiger partial charge in [0.1, 0.15) is 0 Å². The van der Waals surface area contributed by atoms with Crippen molar-refractivity contribution < 1.29 is 4.74 Å². The van der Waals surface area contributed by atoms with Gasteiger partial charge in [0.2, 0.25) is 0 Å². The van der Waals surface area contributed by atoms with E-state index in [2.05, 4.69) is 45.1 Å². The lowest BCUT2D eigenvalue weighted by Crippen LogP contribution is -2.37. The third kappa shape index (κ3) is 2.90. The van der Waals surface area contributed by atoms with Gasteiger partial charge in [-0.05, 0) is 36.0 Å². The van der Waals surface area contributed by atoms with Crippen molar-refractivity contribution in [2.24, 2.45) is 5.92 Å². The molecule has 2 aliphatic rings. The maximum atomic E-state index is 5.38. The molecule has 0 aromatic heterocycles. The summed E-state index contributed by atoms with van der Waals surface area (Å²) in [5, 5.41) is 0. The number of morpholine rings is 1. The molecule has 1 aliphatic carbocycles. The van der Waals surface area contributed by atoms with E-state index in [0.29, 0.717) is 0 Å². The Kier molecular flexibility index (Phi) is 3.50. The van der Waals surface area contributed by atoms with Crippen LogP contribution in [0, 0.1) is 5.92 Å². The zero-order chi connectivity index (χ0) is 11.7. The molecule has 1 saturated carbocycles. The van der Waals surface area contributed by atoms with Crippen molar-refractivity contribution in [1.29, 1.82) is 0 Å². The molecule has 1 saturated heterocycles. The van der Waals surface area contributed by atoms with E-state index in [9.17, 15) is 0 Å². The monoisotopic (exact) mass is 295 g/mol. The first-order chi connectivity index (χ1) is 8.33. The predicted molar refractivity (Wildman–Crippen MR) is 72.2 cm³/mol. The van der Waals surface area contributed by atoms with E-state index in [-0.39, 0.29) is 0 Å². The van der Waals surface area contributed by atoms with Crippen LogP contribution in [0.15, 0.2) is 28.7 Å². The van der Waals surface area contributed by atoms with Gasteiger partial charge in [-0.2, -0.15) is 0 Å². The average molecular weight is 296 g/mol. The highest BCUT2D eigenvalue weighted by atomic mass is 79.9. The highest BCUT2D eigenvalue weighted by molar-refractivity contribution is 9.10. The van der Waals surface area contributed by atoms with Crippen LogP contribution in [0.5, 0.6) is 0 Å². The summed E-state index contributed by atoms with van der Waals surface area (Å²) < 4.78 is 6.55. The fourth-order valence-electron chi connectivity index (χ4n) is 2.68. The molecule has 3 heteroatoms. The molecular weight excluding hydrogens is 278 g/mol. The molecule has 17 heavy (non-hydrogen) atoms. The molecular formula is C14H18BrNO. The van der Waals surface area contributed by atoms with Crippen molar-refractivity contribution in [3.05, 3.63) is 34.3 Å². The van der Waals surface area contributed by atoms with Gasteiger partial charge < -0.3 is 4.74 Å². The summed E-state index contributed by atoms with van der Waals surface area (Å²) in [6.07, 6.45) is 1.36. The van der Waals surface area contributed by atoms with Crippen LogP contribution in [0.2, 0.25) is 0 Å². The van der Waals surface area contributed by atoms with Gasteiger partial charge in [0.25, 0.3) is 0 Å². The number of benzene rings is 1. The van der Waals surface area contributed by atoms with Gasteiger partial charge in [0, 0.05) is 24.1 Å². The Labute approximate surface area is 111 Å². The second-order valence-electron chi connectivity index (χ2n) is 5.07. The topological polar surface area (TPSA) is 12.5 Å². The van der Waals surface area contributed by atoms with Crippen molar-refractivity contribution in [3.8, 4) is 0 Å². The summed E-state index contributed by atoms with van der Waals surface area (Å²) in [5.41, 5.74) is 1.51. The first-order valence-electron chi connectivity index (χ1n) is 6.38. The summed E-state index contributed by atoms with van der Waals surface area (Å²) >= 11 is 3.49. The molecule has 1 heterocycles. The van der Waals surface area contributed by atoms with Crippen LogP contribution < -0.4 is 0 Å². The SMILES string of the molecule is Brc1ccc(C2CC2CN2CCOCC2)cc1. The van der Waals surface area contributed by atoms with E-state index in [1.165, 1.54) is 23.0 Å². The number of rotatable bonds is 3. The minimum atomic E-state index is 0.797. The average Bonchev–Trinajstić information content (AvgIpc) is 3.11. The fraction of sp³-hybridized carbons (Fsp3) is 0.571. The quantitative estimate of drug-likeness (QED) is 0.850. The molecule has 0 spiro atoms.